The van der Waals surface area contributed by atoms with Crippen LogP contribution in [-0.4, -0.2) is 78.3 Å². The van der Waals surface area contributed by atoms with E-state index in [0.717, 1.165) is 25.9 Å². The lowest BCUT2D eigenvalue weighted by Crippen LogP contribution is -2.58. The molecular weight excluding hydrogens is 320 g/mol. The Morgan fingerprint density at radius 3 is 2.56 bits per heavy atom. The molecule has 7 nitrogen and oxygen atoms in total. The fourth-order valence-corrected chi connectivity index (χ4v) is 4.24. The minimum atomic E-state index is -0.796. The number of carboxylic acids is 1. The molecular formula is C18H34N4O3. The Bertz CT molecular complexity index is 477. The van der Waals surface area contributed by atoms with Crippen LogP contribution >= 0.6 is 0 Å². The van der Waals surface area contributed by atoms with Crippen LogP contribution in [-0.2, 0) is 4.79 Å². The van der Waals surface area contributed by atoms with Crippen molar-refractivity contribution in [3.8, 4) is 0 Å². The van der Waals surface area contributed by atoms with Crippen LogP contribution in [0.25, 0.3) is 0 Å². The van der Waals surface area contributed by atoms with Crippen molar-refractivity contribution in [3.05, 3.63) is 0 Å². The molecule has 25 heavy (non-hydrogen) atoms. The number of piperidine rings is 1. The summed E-state index contributed by atoms with van der Waals surface area (Å²) in [6, 6.07) is 0.645. The number of hydrogen-bond acceptors (Lipinski definition) is 4. The zero-order valence-corrected chi connectivity index (χ0v) is 16.0. The highest BCUT2D eigenvalue weighted by atomic mass is 16.4. The molecule has 0 radical (unpaired) electrons. The van der Waals surface area contributed by atoms with Gasteiger partial charge >= 0.3 is 12.0 Å². The van der Waals surface area contributed by atoms with E-state index in [1.165, 1.54) is 12.8 Å². The third-order valence-electron chi connectivity index (χ3n) is 5.93. The van der Waals surface area contributed by atoms with Gasteiger partial charge in [-0.05, 0) is 51.2 Å². The molecule has 0 aromatic heterocycles. The number of hydrogen-bond donors (Lipinski definition) is 3. The van der Waals surface area contributed by atoms with Gasteiger partial charge in [0.1, 0.15) is 0 Å². The zero-order chi connectivity index (χ0) is 18.6. The molecule has 2 rings (SSSR count). The maximum atomic E-state index is 12.2. The van der Waals surface area contributed by atoms with Crippen molar-refractivity contribution in [2.75, 3.05) is 33.2 Å². The van der Waals surface area contributed by atoms with Crippen molar-refractivity contribution in [2.24, 2.45) is 5.41 Å². The minimum Gasteiger partial charge on any atom is -0.480 e. The molecule has 1 aliphatic heterocycles. The number of nitrogens with zero attached hydrogens (tertiary/aromatic N) is 2. The van der Waals surface area contributed by atoms with E-state index in [2.05, 4.69) is 36.4 Å². The van der Waals surface area contributed by atoms with E-state index in [4.69, 9.17) is 5.11 Å². The first kappa shape index (κ1) is 20.0. The van der Waals surface area contributed by atoms with Gasteiger partial charge in [0.15, 0.2) is 0 Å². The van der Waals surface area contributed by atoms with Crippen LogP contribution in [0.1, 0.15) is 46.5 Å². The number of aliphatic carboxylic acids is 1. The van der Waals surface area contributed by atoms with Crippen molar-refractivity contribution in [2.45, 2.75) is 64.6 Å². The summed E-state index contributed by atoms with van der Waals surface area (Å²) < 4.78 is 0. The average Bonchev–Trinajstić information content (AvgIpc) is 2.47. The molecule has 2 fully saturated rings. The van der Waals surface area contributed by atoms with Crippen LogP contribution in [0.2, 0.25) is 0 Å². The van der Waals surface area contributed by atoms with Crippen LogP contribution < -0.4 is 10.6 Å². The van der Waals surface area contributed by atoms with E-state index >= 15 is 0 Å². The van der Waals surface area contributed by atoms with Gasteiger partial charge in [-0.1, -0.05) is 20.8 Å². The van der Waals surface area contributed by atoms with Crippen LogP contribution in [0.15, 0.2) is 0 Å². The largest absolute Gasteiger partial charge is 0.480 e. The number of amides is 2. The average molecular weight is 354 g/mol. The number of urea groups is 1. The van der Waals surface area contributed by atoms with E-state index in [-0.39, 0.29) is 30.1 Å². The molecule has 2 amide bonds. The number of likely N-dealkylation sites (N-methyl/N-ethyl adjacent to an activating group) is 2. The van der Waals surface area contributed by atoms with Crippen molar-refractivity contribution in [1.29, 1.82) is 0 Å². The Labute approximate surface area is 151 Å². The van der Waals surface area contributed by atoms with Gasteiger partial charge in [-0.2, -0.15) is 0 Å². The first-order chi connectivity index (χ1) is 11.7. The van der Waals surface area contributed by atoms with E-state index in [9.17, 15) is 9.59 Å². The van der Waals surface area contributed by atoms with Crippen molar-refractivity contribution in [3.63, 3.8) is 0 Å². The Kier molecular flexibility index (Phi) is 6.68. The first-order valence-electron chi connectivity index (χ1n) is 9.43. The maximum Gasteiger partial charge on any atom is 0.317 e. The number of carbonyl (C=O) groups excluding carboxylic acids is 1. The van der Waals surface area contributed by atoms with Gasteiger partial charge in [0.05, 0.1) is 6.54 Å². The Morgan fingerprint density at radius 2 is 2.00 bits per heavy atom. The second kappa shape index (κ2) is 8.36. The Morgan fingerprint density at radius 1 is 1.32 bits per heavy atom. The SMILES string of the molecule is CCN(CC(=O)O)C1CC(NC(=O)NCC2N(C)CCCC2(C)C)C1. The van der Waals surface area contributed by atoms with E-state index in [0.29, 0.717) is 12.6 Å². The molecule has 0 aromatic rings. The highest BCUT2D eigenvalue weighted by molar-refractivity contribution is 5.74. The molecule has 3 N–H and O–H groups in total. The smallest absolute Gasteiger partial charge is 0.317 e. The summed E-state index contributed by atoms with van der Waals surface area (Å²) in [5, 5.41) is 15.0. The zero-order valence-electron chi connectivity index (χ0n) is 16.0. The molecule has 1 saturated heterocycles. The topological polar surface area (TPSA) is 84.9 Å². The van der Waals surface area contributed by atoms with Crippen molar-refractivity contribution in [1.82, 2.24) is 20.4 Å². The fraction of sp³-hybridized carbons (Fsp3) is 0.889. The summed E-state index contributed by atoms with van der Waals surface area (Å²) >= 11 is 0. The highest BCUT2D eigenvalue weighted by Gasteiger charge is 2.37. The molecule has 0 bridgehead atoms. The lowest BCUT2D eigenvalue weighted by molar-refractivity contribution is -0.139. The van der Waals surface area contributed by atoms with Crippen molar-refractivity contribution < 1.29 is 14.7 Å². The maximum absolute atomic E-state index is 12.2. The third kappa shape index (κ3) is 5.31. The van der Waals surface area contributed by atoms with E-state index in [1.54, 1.807) is 0 Å². The van der Waals surface area contributed by atoms with Gasteiger partial charge in [-0.25, -0.2) is 4.79 Å². The molecule has 0 spiro atoms. The number of carbonyl (C=O) groups is 2. The minimum absolute atomic E-state index is 0.0726. The number of likely N-dealkylation sites (tertiary alicyclic amines) is 1. The fourth-order valence-electron chi connectivity index (χ4n) is 4.24. The van der Waals surface area contributed by atoms with E-state index in [1.807, 2.05) is 11.8 Å². The standard InChI is InChI=1S/C18H34N4O3/c1-5-22(12-16(23)24)14-9-13(10-14)20-17(25)19-11-15-18(2,3)7-6-8-21(15)4/h13-15H,5-12H2,1-4H3,(H,23,24)(H2,19,20,25). The normalized spacial score (nSPS) is 29.1. The highest BCUT2D eigenvalue weighted by Crippen LogP contribution is 2.33. The molecule has 1 saturated carbocycles. The molecule has 1 aliphatic carbocycles. The lowest BCUT2D eigenvalue weighted by Gasteiger charge is -2.45. The molecule has 1 atom stereocenters. The Hall–Kier alpha value is -1.34. The van der Waals surface area contributed by atoms with Crippen LogP contribution in [0.5, 0.6) is 0 Å². The molecule has 1 unspecified atom stereocenters. The lowest BCUT2D eigenvalue weighted by atomic mass is 9.76. The van der Waals surface area contributed by atoms with Gasteiger partial charge in [-0.15, -0.1) is 0 Å². The predicted octanol–water partition coefficient (Wildman–Crippen LogP) is 1.34. The van der Waals surface area contributed by atoms with Crippen LogP contribution in [0.4, 0.5) is 4.79 Å². The molecule has 2 aliphatic rings. The predicted molar refractivity (Wildman–Crippen MR) is 97.7 cm³/mol. The summed E-state index contributed by atoms with van der Waals surface area (Å²) in [7, 11) is 2.13. The molecule has 0 aromatic carbocycles. The van der Waals surface area contributed by atoms with Crippen molar-refractivity contribution >= 4 is 12.0 Å². The number of rotatable bonds is 7. The summed E-state index contributed by atoms with van der Waals surface area (Å²) in [6.45, 7) is 9.04. The summed E-state index contributed by atoms with van der Waals surface area (Å²) in [5.74, 6) is -0.796. The van der Waals surface area contributed by atoms with Gasteiger partial charge in [-0.3, -0.25) is 9.69 Å². The quantitative estimate of drug-likeness (QED) is 0.642. The van der Waals surface area contributed by atoms with Gasteiger partial charge in [0, 0.05) is 24.7 Å². The number of carboxylic acid groups (broad SMARTS) is 1. The summed E-state index contributed by atoms with van der Waals surface area (Å²) in [6.07, 6.45) is 4.04. The second-order valence-corrected chi connectivity index (χ2v) is 8.22. The van der Waals surface area contributed by atoms with Crippen LogP contribution in [0.3, 0.4) is 0 Å². The Balaban J connectivity index is 1.71. The summed E-state index contributed by atoms with van der Waals surface area (Å²) in [4.78, 5) is 27.3. The molecule has 144 valence electrons. The molecule has 7 heteroatoms. The van der Waals surface area contributed by atoms with Crippen LogP contribution in [0, 0.1) is 5.41 Å². The van der Waals surface area contributed by atoms with Gasteiger partial charge < -0.3 is 20.6 Å². The third-order valence-corrected chi connectivity index (χ3v) is 5.93. The first-order valence-corrected chi connectivity index (χ1v) is 9.43. The summed E-state index contributed by atoms with van der Waals surface area (Å²) in [5.41, 5.74) is 0.209. The van der Waals surface area contributed by atoms with Gasteiger partial charge in [0.2, 0.25) is 0 Å². The van der Waals surface area contributed by atoms with E-state index < -0.39 is 5.97 Å². The number of nitrogens with one attached hydrogen (secondary N) is 2. The monoisotopic (exact) mass is 354 g/mol. The van der Waals surface area contributed by atoms with Gasteiger partial charge in [0.25, 0.3) is 0 Å². The molecule has 1 heterocycles. The second-order valence-electron chi connectivity index (χ2n) is 8.22.